The van der Waals surface area contributed by atoms with Crippen LogP contribution in [0.1, 0.15) is 31.9 Å². The summed E-state index contributed by atoms with van der Waals surface area (Å²) in [6.07, 6.45) is 1.74. The summed E-state index contributed by atoms with van der Waals surface area (Å²) in [5.74, 6) is -1.96. The van der Waals surface area contributed by atoms with Gasteiger partial charge in [0, 0.05) is 18.1 Å². The Kier molecular flexibility index (Phi) is 6.02. The molecular weight excluding hydrogens is 284 g/mol. The highest BCUT2D eigenvalue weighted by molar-refractivity contribution is 5.97. The highest BCUT2D eigenvalue weighted by atomic mass is 16.6. The molecular formula is C17H24O5. The Labute approximate surface area is 130 Å². The van der Waals surface area contributed by atoms with Crippen LogP contribution in [0.3, 0.4) is 0 Å². The average Bonchev–Trinajstić information content (AvgIpc) is 2.50. The molecule has 0 amide bonds. The molecule has 0 heterocycles. The molecule has 1 aromatic rings. The Hall–Kier alpha value is -1.53. The molecule has 0 fully saturated rings. The molecule has 0 aliphatic heterocycles. The average molecular weight is 308 g/mol. The third kappa shape index (κ3) is 4.24. The summed E-state index contributed by atoms with van der Waals surface area (Å²) in [6.45, 7) is 4.90. The number of benzene rings is 1. The molecule has 0 saturated carbocycles. The van der Waals surface area contributed by atoms with Crippen LogP contribution in [0.5, 0.6) is 0 Å². The van der Waals surface area contributed by atoms with E-state index >= 15 is 0 Å². The molecule has 3 N–H and O–H groups in total. The summed E-state index contributed by atoms with van der Waals surface area (Å²) in [6, 6.07) is 6.53. The van der Waals surface area contributed by atoms with E-state index in [0.717, 1.165) is 5.56 Å². The summed E-state index contributed by atoms with van der Waals surface area (Å²) in [5, 5.41) is 29.0. The van der Waals surface area contributed by atoms with Crippen LogP contribution in [0.2, 0.25) is 0 Å². The van der Waals surface area contributed by atoms with Crippen LogP contribution in [-0.2, 0) is 15.3 Å². The van der Waals surface area contributed by atoms with Gasteiger partial charge in [-0.05, 0) is 11.6 Å². The zero-order chi connectivity index (χ0) is 17.0. The van der Waals surface area contributed by atoms with Gasteiger partial charge in [0.05, 0.1) is 6.61 Å². The van der Waals surface area contributed by atoms with Gasteiger partial charge in [-0.15, -0.1) is 0 Å². The van der Waals surface area contributed by atoms with E-state index in [9.17, 15) is 15.0 Å². The summed E-state index contributed by atoms with van der Waals surface area (Å²) in [5.41, 5.74) is 0.659. The molecule has 1 rings (SSSR count). The lowest BCUT2D eigenvalue weighted by atomic mass is 9.90. The Bertz CT molecular complexity index is 527. The van der Waals surface area contributed by atoms with Gasteiger partial charge in [-0.3, -0.25) is 4.79 Å². The van der Waals surface area contributed by atoms with Gasteiger partial charge >= 0.3 is 0 Å². The standard InChI is InChI=1S/C17H24O5/c1-16(2,3)14(19)10-7-12-5-8-13(9-6-12)17(21,22-4)15(20)11-18/h5-10,15,18,20-21H,11H2,1-4H3. The van der Waals surface area contributed by atoms with Crippen LogP contribution in [0, 0.1) is 5.41 Å². The van der Waals surface area contributed by atoms with E-state index in [1.165, 1.54) is 13.2 Å². The molecule has 0 aliphatic carbocycles. The first-order valence-electron chi connectivity index (χ1n) is 7.04. The van der Waals surface area contributed by atoms with Gasteiger partial charge in [0.2, 0.25) is 5.79 Å². The van der Waals surface area contributed by atoms with Gasteiger partial charge in [-0.2, -0.15) is 0 Å². The monoisotopic (exact) mass is 308 g/mol. The number of methoxy groups -OCH3 is 1. The number of aliphatic hydroxyl groups is 3. The predicted molar refractivity (Wildman–Crippen MR) is 83.9 cm³/mol. The van der Waals surface area contributed by atoms with Crippen LogP contribution < -0.4 is 0 Å². The van der Waals surface area contributed by atoms with Crippen molar-refractivity contribution in [2.45, 2.75) is 32.7 Å². The van der Waals surface area contributed by atoms with Gasteiger partial charge in [0.1, 0.15) is 6.10 Å². The van der Waals surface area contributed by atoms with E-state index < -0.39 is 23.9 Å². The number of carbonyl (C=O) groups is 1. The van der Waals surface area contributed by atoms with Crippen molar-refractivity contribution in [3.8, 4) is 0 Å². The molecule has 0 bridgehead atoms. The van der Waals surface area contributed by atoms with E-state index in [-0.39, 0.29) is 5.78 Å². The molecule has 22 heavy (non-hydrogen) atoms. The van der Waals surface area contributed by atoms with Crippen LogP contribution in [0.15, 0.2) is 30.3 Å². The quantitative estimate of drug-likeness (QED) is 0.547. The third-order valence-electron chi connectivity index (χ3n) is 3.43. The Morgan fingerprint density at radius 2 is 1.82 bits per heavy atom. The number of hydrogen-bond donors (Lipinski definition) is 3. The zero-order valence-corrected chi connectivity index (χ0v) is 13.4. The Balaban J connectivity index is 2.96. The first-order chi connectivity index (χ1) is 10.1. The molecule has 0 spiro atoms. The molecule has 5 heteroatoms. The highest BCUT2D eigenvalue weighted by Crippen LogP contribution is 2.26. The molecule has 0 aromatic heterocycles. The lowest BCUT2D eigenvalue weighted by Crippen LogP contribution is -2.43. The van der Waals surface area contributed by atoms with Crippen LogP contribution in [0.4, 0.5) is 0 Å². The predicted octanol–water partition coefficient (Wildman–Crippen LogP) is 1.46. The second-order valence-electron chi connectivity index (χ2n) is 6.17. The lowest BCUT2D eigenvalue weighted by molar-refractivity contribution is -0.259. The number of aliphatic hydroxyl groups excluding tert-OH is 2. The van der Waals surface area contributed by atoms with Crippen molar-refractivity contribution in [3.63, 3.8) is 0 Å². The van der Waals surface area contributed by atoms with Crippen molar-refractivity contribution < 1.29 is 24.9 Å². The molecule has 0 saturated heterocycles. The number of carbonyl (C=O) groups excluding carboxylic acids is 1. The molecule has 2 unspecified atom stereocenters. The minimum absolute atomic E-state index is 0.0145. The van der Waals surface area contributed by atoms with E-state index in [4.69, 9.17) is 9.84 Å². The molecule has 5 nitrogen and oxygen atoms in total. The van der Waals surface area contributed by atoms with Gasteiger partial charge in [-0.1, -0.05) is 51.1 Å². The fourth-order valence-electron chi connectivity index (χ4n) is 1.82. The number of allylic oxidation sites excluding steroid dienone is 1. The zero-order valence-electron chi connectivity index (χ0n) is 13.4. The molecule has 1 aromatic carbocycles. The lowest BCUT2D eigenvalue weighted by Gasteiger charge is -2.30. The fraction of sp³-hybridized carbons (Fsp3) is 0.471. The van der Waals surface area contributed by atoms with E-state index in [2.05, 4.69) is 0 Å². The van der Waals surface area contributed by atoms with Crippen LogP contribution in [0.25, 0.3) is 6.08 Å². The third-order valence-corrected chi connectivity index (χ3v) is 3.43. The van der Waals surface area contributed by atoms with Gasteiger partial charge in [0.15, 0.2) is 5.78 Å². The smallest absolute Gasteiger partial charge is 0.221 e. The molecule has 0 radical (unpaired) electrons. The van der Waals surface area contributed by atoms with Gasteiger partial charge in [0.25, 0.3) is 0 Å². The minimum atomic E-state index is -1.97. The summed E-state index contributed by atoms with van der Waals surface area (Å²) in [4.78, 5) is 11.8. The number of rotatable bonds is 6. The van der Waals surface area contributed by atoms with Crippen LogP contribution >= 0.6 is 0 Å². The maximum absolute atomic E-state index is 11.8. The van der Waals surface area contributed by atoms with Crippen molar-refractivity contribution in [3.05, 3.63) is 41.5 Å². The number of ketones is 1. The summed E-state index contributed by atoms with van der Waals surface area (Å²) < 4.78 is 4.93. The topological polar surface area (TPSA) is 87.0 Å². The maximum Gasteiger partial charge on any atom is 0.221 e. The SMILES string of the molecule is COC(O)(c1ccc(C=CC(=O)C(C)(C)C)cc1)C(O)CO. The van der Waals surface area contributed by atoms with Crippen molar-refractivity contribution >= 4 is 11.9 Å². The van der Waals surface area contributed by atoms with Crippen molar-refractivity contribution in [1.82, 2.24) is 0 Å². The fourth-order valence-corrected chi connectivity index (χ4v) is 1.82. The second-order valence-corrected chi connectivity index (χ2v) is 6.17. The second kappa shape index (κ2) is 7.15. The first kappa shape index (κ1) is 18.5. The molecule has 0 aliphatic rings. The van der Waals surface area contributed by atoms with E-state index in [1.54, 1.807) is 30.3 Å². The van der Waals surface area contributed by atoms with Crippen molar-refractivity contribution in [2.75, 3.05) is 13.7 Å². The van der Waals surface area contributed by atoms with Crippen molar-refractivity contribution in [2.24, 2.45) is 5.41 Å². The van der Waals surface area contributed by atoms with Crippen molar-refractivity contribution in [1.29, 1.82) is 0 Å². The van der Waals surface area contributed by atoms with E-state index in [1.807, 2.05) is 20.8 Å². The molecule has 122 valence electrons. The minimum Gasteiger partial charge on any atom is -0.393 e. The normalized spacial score (nSPS) is 16.5. The van der Waals surface area contributed by atoms with Crippen LogP contribution in [-0.4, -0.2) is 40.9 Å². The number of hydrogen-bond acceptors (Lipinski definition) is 5. The summed E-state index contributed by atoms with van der Waals surface area (Å²) in [7, 11) is 1.24. The van der Waals surface area contributed by atoms with Gasteiger partial charge in [-0.25, -0.2) is 0 Å². The Morgan fingerprint density at radius 3 is 2.23 bits per heavy atom. The number of ether oxygens (including phenoxy) is 1. The van der Waals surface area contributed by atoms with E-state index in [0.29, 0.717) is 5.56 Å². The molecule has 2 atom stereocenters. The first-order valence-corrected chi connectivity index (χ1v) is 7.04. The maximum atomic E-state index is 11.8. The Morgan fingerprint density at radius 1 is 1.27 bits per heavy atom. The van der Waals surface area contributed by atoms with Gasteiger partial charge < -0.3 is 20.1 Å². The highest BCUT2D eigenvalue weighted by Gasteiger charge is 2.37. The largest absolute Gasteiger partial charge is 0.393 e. The summed E-state index contributed by atoms with van der Waals surface area (Å²) >= 11 is 0.